The molecule has 7 rings (SSSR count). The van der Waals surface area contributed by atoms with Crippen molar-refractivity contribution >= 4 is 16.9 Å². The number of carbonyl (C=O) groups is 1. The van der Waals surface area contributed by atoms with E-state index in [4.69, 9.17) is 9.72 Å². The first-order chi connectivity index (χ1) is 22.4. The van der Waals surface area contributed by atoms with E-state index in [1.807, 2.05) is 42.7 Å². The first-order valence-corrected chi connectivity index (χ1v) is 17.2. The Kier molecular flexibility index (Phi) is 8.66. The fourth-order valence-corrected chi connectivity index (χ4v) is 7.66. The van der Waals surface area contributed by atoms with E-state index in [-0.39, 0.29) is 11.8 Å². The number of hydrogen-bond acceptors (Lipinski definition) is 3. The van der Waals surface area contributed by atoms with Crippen LogP contribution in [0.1, 0.15) is 112 Å². The number of carboxylic acid groups (broad SMARTS) is 1. The second-order valence-electron chi connectivity index (χ2n) is 13.5. The maximum atomic E-state index is 12.7. The summed E-state index contributed by atoms with van der Waals surface area (Å²) >= 11 is 0. The van der Waals surface area contributed by atoms with Crippen molar-refractivity contribution in [1.29, 1.82) is 0 Å². The normalized spacial score (nSPS) is 16.2. The highest BCUT2D eigenvalue weighted by molar-refractivity contribution is 6.02. The van der Waals surface area contributed by atoms with Crippen molar-refractivity contribution in [3.05, 3.63) is 102 Å². The first-order valence-electron chi connectivity index (χ1n) is 17.2. The number of nitrogens with zero attached hydrogens (tertiary/aromatic N) is 2. The molecule has 5 nitrogen and oxygen atoms in total. The fraction of sp³-hybridized carbons (Fsp3) is 0.366. The Labute approximate surface area is 272 Å². The van der Waals surface area contributed by atoms with Crippen LogP contribution in [0.25, 0.3) is 39.1 Å². The lowest BCUT2D eigenvalue weighted by molar-refractivity contribution is 0.0688. The molecule has 2 aliphatic rings. The molecule has 236 valence electrons. The number of rotatable bonds is 8. The summed E-state index contributed by atoms with van der Waals surface area (Å²) in [6, 6.07) is 29.3. The van der Waals surface area contributed by atoms with Crippen LogP contribution in [0.2, 0.25) is 0 Å². The zero-order valence-electron chi connectivity index (χ0n) is 27.0. The van der Waals surface area contributed by atoms with Crippen LogP contribution in [0, 0.1) is 0 Å². The van der Waals surface area contributed by atoms with Gasteiger partial charge >= 0.3 is 5.97 Å². The Hall–Kier alpha value is -4.38. The van der Waals surface area contributed by atoms with Gasteiger partial charge in [0.25, 0.3) is 0 Å². The summed E-state index contributed by atoms with van der Waals surface area (Å²) in [4.78, 5) is 18.0. The summed E-state index contributed by atoms with van der Waals surface area (Å²) in [5, 5.41) is 11.2. The molecular weight excluding hydrogens is 568 g/mol. The Bertz CT molecular complexity index is 1810. The van der Waals surface area contributed by atoms with Crippen molar-refractivity contribution in [3.8, 4) is 34.0 Å². The summed E-state index contributed by atoms with van der Waals surface area (Å²) in [6.07, 6.45) is 13.0. The molecule has 1 N–H and O–H groups in total. The summed E-state index contributed by atoms with van der Waals surface area (Å²) in [5.74, 6) is 1.03. The Balaban J connectivity index is 1.36. The number of hydrogen-bond donors (Lipinski definition) is 1. The van der Waals surface area contributed by atoms with Crippen molar-refractivity contribution in [2.45, 2.75) is 96.0 Å². The minimum atomic E-state index is -0.976. The van der Waals surface area contributed by atoms with Gasteiger partial charge in [-0.3, -0.25) is 0 Å². The van der Waals surface area contributed by atoms with E-state index < -0.39 is 5.97 Å². The van der Waals surface area contributed by atoms with Crippen molar-refractivity contribution in [1.82, 2.24) is 9.55 Å². The molecule has 5 heteroatoms. The topological polar surface area (TPSA) is 64.3 Å². The second-order valence-corrected chi connectivity index (χ2v) is 13.5. The number of pyridine rings is 1. The zero-order chi connectivity index (χ0) is 31.6. The van der Waals surface area contributed by atoms with Crippen molar-refractivity contribution in [3.63, 3.8) is 0 Å². The van der Waals surface area contributed by atoms with Crippen LogP contribution >= 0.6 is 0 Å². The minimum absolute atomic E-state index is 0.0537. The van der Waals surface area contributed by atoms with Crippen LogP contribution in [-0.2, 0) is 0 Å². The largest absolute Gasteiger partial charge is 0.491 e. The third-order valence-electron chi connectivity index (χ3n) is 10.0. The second kappa shape index (κ2) is 13.2. The van der Waals surface area contributed by atoms with Crippen LogP contribution in [-0.4, -0.2) is 26.7 Å². The molecule has 46 heavy (non-hydrogen) atoms. The quantitative estimate of drug-likeness (QED) is 0.189. The van der Waals surface area contributed by atoms with E-state index in [1.165, 1.54) is 75.3 Å². The van der Waals surface area contributed by atoms with Crippen molar-refractivity contribution in [2.75, 3.05) is 0 Å². The third-order valence-corrected chi connectivity index (χ3v) is 10.0. The number of ether oxygens (including phenoxy) is 1. The lowest BCUT2D eigenvalue weighted by Crippen LogP contribution is -2.08. The lowest BCUT2D eigenvalue weighted by atomic mass is 9.83. The molecule has 0 unspecified atom stereocenters. The molecule has 2 fully saturated rings. The van der Waals surface area contributed by atoms with Crippen LogP contribution in [0.3, 0.4) is 0 Å². The Morgan fingerprint density at radius 1 is 0.739 bits per heavy atom. The standard InChI is InChI=1S/C41H44N2O3/c1-27(2)46-35-23-21-34(22-24-35)43-38-26-37(32-17-13-30(14-18-32)28-9-5-3-6-10-28)42-40(36(38)25-39(43)41(44)45)33-19-15-31(16-20-33)29-11-7-4-8-12-29/h13-29H,3-12H2,1-2H3,(H,44,45). The zero-order valence-corrected chi connectivity index (χ0v) is 27.0. The molecule has 0 spiro atoms. The molecule has 0 atom stereocenters. The molecule has 0 aliphatic heterocycles. The molecule has 0 amide bonds. The van der Waals surface area contributed by atoms with Gasteiger partial charge in [-0.15, -0.1) is 0 Å². The highest BCUT2D eigenvalue weighted by Gasteiger charge is 2.23. The van der Waals surface area contributed by atoms with Gasteiger partial charge in [0.05, 0.1) is 23.0 Å². The van der Waals surface area contributed by atoms with Gasteiger partial charge in [0.2, 0.25) is 0 Å². The highest BCUT2D eigenvalue weighted by atomic mass is 16.5. The number of aromatic nitrogens is 2. The molecule has 2 aliphatic carbocycles. The van der Waals surface area contributed by atoms with Gasteiger partial charge in [-0.25, -0.2) is 9.78 Å². The predicted octanol–water partition coefficient (Wildman–Crippen LogP) is 10.9. The number of benzene rings is 3. The van der Waals surface area contributed by atoms with Crippen LogP contribution in [0.4, 0.5) is 0 Å². The third kappa shape index (κ3) is 6.20. The van der Waals surface area contributed by atoms with Crippen LogP contribution < -0.4 is 4.74 Å². The lowest BCUT2D eigenvalue weighted by Gasteiger charge is -2.22. The number of carboxylic acids is 1. The molecule has 5 aromatic rings. The molecule has 2 saturated carbocycles. The Morgan fingerprint density at radius 2 is 1.28 bits per heavy atom. The maximum Gasteiger partial charge on any atom is 0.352 e. The summed E-state index contributed by atoms with van der Waals surface area (Å²) in [6.45, 7) is 3.99. The van der Waals surface area contributed by atoms with Gasteiger partial charge < -0.3 is 14.4 Å². The average molecular weight is 613 g/mol. The summed E-state index contributed by atoms with van der Waals surface area (Å²) < 4.78 is 7.72. The smallest absolute Gasteiger partial charge is 0.352 e. The summed E-state index contributed by atoms with van der Waals surface area (Å²) in [7, 11) is 0. The highest BCUT2D eigenvalue weighted by Crippen LogP contribution is 2.39. The van der Waals surface area contributed by atoms with E-state index >= 15 is 0 Å². The molecule has 3 aromatic carbocycles. The molecular formula is C41H44N2O3. The van der Waals surface area contributed by atoms with Crippen LogP contribution in [0.15, 0.2) is 84.9 Å². The predicted molar refractivity (Wildman–Crippen MR) is 186 cm³/mol. The molecule has 0 bridgehead atoms. The van der Waals surface area contributed by atoms with E-state index in [0.29, 0.717) is 11.8 Å². The molecule has 0 radical (unpaired) electrons. The minimum Gasteiger partial charge on any atom is -0.491 e. The molecule has 0 saturated heterocycles. The van der Waals surface area contributed by atoms with Crippen molar-refractivity contribution < 1.29 is 14.6 Å². The van der Waals surface area contributed by atoms with E-state index in [9.17, 15) is 9.90 Å². The molecule has 2 aromatic heterocycles. The first kappa shape index (κ1) is 30.3. The SMILES string of the molecule is CC(C)Oc1ccc(-n2c(C(=O)O)cc3c(-c4ccc(C5CCCCC5)cc4)nc(-c4ccc(C5CCCCC5)cc4)cc32)cc1. The molecule has 2 heterocycles. The average Bonchev–Trinajstić information content (AvgIpc) is 3.49. The summed E-state index contributed by atoms with van der Waals surface area (Å²) in [5.41, 5.74) is 8.27. The van der Waals surface area contributed by atoms with Gasteiger partial charge in [0.1, 0.15) is 11.4 Å². The van der Waals surface area contributed by atoms with Crippen molar-refractivity contribution in [2.24, 2.45) is 0 Å². The van der Waals surface area contributed by atoms with E-state index in [2.05, 4.69) is 54.6 Å². The van der Waals surface area contributed by atoms with E-state index in [0.717, 1.165) is 44.9 Å². The van der Waals surface area contributed by atoms with Gasteiger partial charge in [0, 0.05) is 22.2 Å². The monoisotopic (exact) mass is 612 g/mol. The Morgan fingerprint density at radius 3 is 1.80 bits per heavy atom. The number of fused-ring (bicyclic) bond motifs is 1. The van der Waals surface area contributed by atoms with Gasteiger partial charge in [-0.1, -0.05) is 87.1 Å². The van der Waals surface area contributed by atoms with Gasteiger partial charge in [-0.2, -0.15) is 0 Å². The van der Waals surface area contributed by atoms with Crippen LogP contribution in [0.5, 0.6) is 5.75 Å². The maximum absolute atomic E-state index is 12.7. The number of aromatic carboxylic acids is 1. The van der Waals surface area contributed by atoms with Gasteiger partial charge in [-0.05, 0) is 98.9 Å². The van der Waals surface area contributed by atoms with Gasteiger partial charge in [0.15, 0.2) is 0 Å². The fourth-order valence-electron chi connectivity index (χ4n) is 7.66. The van der Waals surface area contributed by atoms with E-state index in [1.54, 1.807) is 6.07 Å².